The van der Waals surface area contributed by atoms with Gasteiger partial charge in [-0.25, -0.2) is 0 Å². The lowest BCUT2D eigenvalue weighted by atomic mass is 10.1. The standard InChI is InChI=1S/C19H22ClN3O4/c1-4-27-17-8-5-15(6-9-17)21-19(24)13(2)22(3)12-14-11-16(23(25)26)7-10-18(14)20/h5-11,13H,4,12H2,1-3H3,(H,21,24). The molecule has 0 fully saturated rings. The van der Waals surface area contributed by atoms with Crippen molar-refractivity contribution >= 4 is 28.9 Å². The fourth-order valence-electron chi connectivity index (χ4n) is 2.45. The number of carbonyl (C=O) groups is 1. The van der Waals surface area contributed by atoms with Crippen molar-refractivity contribution in [3.8, 4) is 5.75 Å². The van der Waals surface area contributed by atoms with Gasteiger partial charge < -0.3 is 10.1 Å². The second kappa shape index (κ2) is 9.34. The van der Waals surface area contributed by atoms with Gasteiger partial charge in [0.15, 0.2) is 0 Å². The van der Waals surface area contributed by atoms with Crippen LogP contribution in [-0.4, -0.2) is 35.4 Å². The first-order valence-electron chi connectivity index (χ1n) is 8.48. The van der Waals surface area contributed by atoms with E-state index in [0.717, 1.165) is 5.75 Å². The van der Waals surface area contributed by atoms with Gasteiger partial charge in [-0.1, -0.05) is 11.6 Å². The first-order valence-corrected chi connectivity index (χ1v) is 8.86. The number of likely N-dealkylation sites (N-methyl/N-ethyl adjacent to an activating group) is 1. The van der Waals surface area contributed by atoms with E-state index < -0.39 is 11.0 Å². The largest absolute Gasteiger partial charge is 0.494 e. The normalized spacial score (nSPS) is 11.9. The first kappa shape index (κ1) is 20.7. The maximum Gasteiger partial charge on any atom is 0.269 e. The van der Waals surface area contributed by atoms with Crippen molar-refractivity contribution in [1.82, 2.24) is 4.90 Å². The lowest BCUT2D eigenvalue weighted by molar-refractivity contribution is -0.384. The van der Waals surface area contributed by atoms with Crippen LogP contribution in [0.1, 0.15) is 19.4 Å². The van der Waals surface area contributed by atoms with Crippen molar-refractivity contribution in [3.05, 3.63) is 63.2 Å². The molecule has 0 aromatic heterocycles. The molecule has 0 aliphatic heterocycles. The number of halogens is 1. The SMILES string of the molecule is CCOc1ccc(NC(=O)C(C)N(C)Cc2cc([N+](=O)[O-])ccc2Cl)cc1. The van der Waals surface area contributed by atoms with Gasteiger partial charge in [0.2, 0.25) is 5.91 Å². The molecule has 1 amide bonds. The van der Waals surface area contributed by atoms with Gasteiger partial charge in [0.25, 0.3) is 5.69 Å². The summed E-state index contributed by atoms with van der Waals surface area (Å²) < 4.78 is 5.37. The minimum Gasteiger partial charge on any atom is -0.494 e. The van der Waals surface area contributed by atoms with Gasteiger partial charge in [0.1, 0.15) is 5.75 Å². The molecule has 1 N–H and O–H groups in total. The second-order valence-corrected chi connectivity index (χ2v) is 6.48. The van der Waals surface area contributed by atoms with Crippen molar-refractivity contribution < 1.29 is 14.5 Å². The summed E-state index contributed by atoms with van der Waals surface area (Å²) in [6.07, 6.45) is 0. The van der Waals surface area contributed by atoms with Gasteiger partial charge in [0.05, 0.1) is 17.6 Å². The zero-order valence-corrected chi connectivity index (χ0v) is 16.2. The summed E-state index contributed by atoms with van der Waals surface area (Å²) in [5, 5.41) is 14.2. The number of anilines is 1. The zero-order chi connectivity index (χ0) is 20.0. The number of nitro benzene ring substituents is 1. The van der Waals surface area contributed by atoms with Crippen molar-refractivity contribution in [2.24, 2.45) is 0 Å². The Morgan fingerprint density at radius 1 is 1.30 bits per heavy atom. The van der Waals surface area contributed by atoms with Crippen molar-refractivity contribution in [3.63, 3.8) is 0 Å². The van der Waals surface area contributed by atoms with Crippen LogP contribution >= 0.6 is 11.6 Å². The zero-order valence-electron chi connectivity index (χ0n) is 15.4. The van der Waals surface area contributed by atoms with Crippen LogP contribution in [0.2, 0.25) is 5.02 Å². The van der Waals surface area contributed by atoms with E-state index in [9.17, 15) is 14.9 Å². The molecule has 2 aromatic rings. The van der Waals surface area contributed by atoms with E-state index in [4.69, 9.17) is 16.3 Å². The number of hydrogen-bond acceptors (Lipinski definition) is 5. The predicted molar refractivity (Wildman–Crippen MR) is 105 cm³/mol. The molecule has 0 aliphatic carbocycles. The topological polar surface area (TPSA) is 84.7 Å². The van der Waals surface area contributed by atoms with Gasteiger partial charge in [-0.3, -0.25) is 19.8 Å². The van der Waals surface area contributed by atoms with Gasteiger partial charge in [-0.2, -0.15) is 0 Å². The van der Waals surface area contributed by atoms with Crippen LogP contribution < -0.4 is 10.1 Å². The van der Waals surface area contributed by atoms with Crippen LogP contribution in [0.3, 0.4) is 0 Å². The van der Waals surface area contributed by atoms with Crippen LogP contribution in [-0.2, 0) is 11.3 Å². The lowest BCUT2D eigenvalue weighted by Gasteiger charge is -2.24. The fourth-order valence-corrected chi connectivity index (χ4v) is 2.63. The molecule has 0 aliphatic rings. The third-order valence-electron chi connectivity index (χ3n) is 4.13. The molecule has 0 radical (unpaired) electrons. The quantitative estimate of drug-likeness (QED) is 0.540. The molecule has 2 rings (SSSR count). The highest BCUT2D eigenvalue weighted by Gasteiger charge is 2.20. The molecule has 0 spiro atoms. The number of non-ortho nitro benzene ring substituents is 1. The Hall–Kier alpha value is -2.64. The maximum absolute atomic E-state index is 12.5. The molecule has 0 heterocycles. The summed E-state index contributed by atoms with van der Waals surface area (Å²) in [6, 6.07) is 10.9. The first-order chi connectivity index (χ1) is 12.8. The number of amides is 1. The number of nitrogens with zero attached hydrogens (tertiary/aromatic N) is 2. The Morgan fingerprint density at radius 2 is 1.96 bits per heavy atom. The highest BCUT2D eigenvalue weighted by Crippen LogP contribution is 2.24. The summed E-state index contributed by atoms with van der Waals surface area (Å²) in [5.41, 5.74) is 1.22. The van der Waals surface area contributed by atoms with E-state index in [-0.39, 0.29) is 11.6 Å². The Bertz CT molecular complexity index is 811. The van der Waals surface area contributed by atoms with Crippen LogP contribution in [0.4, 0.5) is 11.4 Å². The van der Waals surface area contributed by atoms with Crippen LogP contribution in [0, 0.1) is 10.1 Å². The number of nitrogens with one attached hydrogen (secondary N) is 1. The number of ether oxygens (including phenoxy) is 1. The molecule has 1 unspecified atom stereocenters. The maximum atomic E-state index is 12.5. The Labute approximate surface area is 163 Å². The van der Waals surface area contributed by atoms with Crippen molar-refractivity contribution in [2.75, 3.05) is 19.0 Å². The molecule has 27 heavy (non-hydrogen) atoms. The van der Waals surface area contributed by atoms with E-state index in [1.54, 1.807) is 43.1 Å². The van der Waals surface area contributed by atoms with Gasteiger partial charge >= 0.3 is 0 Å². The lowest BCUT2D eigenvalue weighted by Crippen LogP contribution is -2.39. The molecular formula is C19H22ClN3O4. The highest BCUT2D eigenvalue weighted by atomic mass is 35.5. The molecule has 0 saturated carbocycles. The van der Waals surface area contributed by atoms with E-state index in [0.29, 0.717) is 29.4 Å². The van der Waals surface area contributed by atoms with E-state index in [2.05, 4.69) is 5.32 Å². The molecule has 2 aromatic carbocycles. The number of carbonyl (C=O) groups excluding carboxylic acids is 1. The summed E-state index contributed by atoms with van der Waals surface area (Å²) in [6.45, 7) is 4.54. The van der Waals surface area contributed by atoms with Crippen LogP contribution in [0.5, 0.6) is 5.75 Å². The molecule has 144 valence electrons. The smallest absolute Gasteiger partial charge is 0.269 e. The minimum atomic E-state index is -0.470. The minimum absolute atomic E-state index is 0.0331. The molecule has 1 atom stereocenters. The van der Waals surface area contributed by atoms with Gasteiger partial charge in [-0.05, 0) is 56.8 Å². The third-order valence-corrected chi connectivity index (χ3v) is 4.50. The van der Waals surface area contributed by atoms with Crippen molar-refractivity contribution in [2.45, 2.75) is 26.4 Å². The van der Waals surface area contributed by atoms with Crippen LogP contribution in [0.25, 0.3) is 0 Å². The van der Waals surface area contributed by atoms with E-state index >= 15 is 0 Å². The molecular weight excluding hydrogens is 370 g/mol. The number of hydrogen-bond donors (Lipinski definition) is 1. The third kappa shape index (κ3) is 5.67. The summed E-state index contributed by atoms with van der Waals surface area (Å²) in [4.78, 5) is 24.7. The van der Waals surface area contributed by atoms with Gasteiger partial charge in [-0.15, -0.1) is 0 Å². The molecule has 0 bridgehead atoms. The molecule has 7 nitrogen and oxygen atoms in total. The Morgan fingerprint density at radius 3 is 2.56 bits per heavy atom. The summed E-state index contributed by atoms with van der Waals surface area (Å²) in [7, 11) is 1.76. The van der Waals surface area contributed by atoms with Gasteiger partial charge in [0, 0.05) is 29.4 Å². The van der Waals surface area contributed by atoms with E-state index in [1.807, 2.05) is 6.92 Å². The summed E-state index contributed by atoms with van der Waals surface area (Å²) in [5.74, 6) is 0.546. The molecule has 8 heteroatoms. The monoisotopic (exact) mass is 391 g/mol. The Kier molecular flexibility index (Phi) is 7.15. The average molecular weight is 392 g/mol. The highest BCUT2D eigenvalue weighted by molar-refractivity contribution is 6.31. The fraction of sp³-hybridized carbons (Fsp3) is 0.316. The van der Waals surface area contributed by atoms with Crippen molar-refractivity contribution in [1.29, 1.82) is 0 Å². The number of nitro groups is 1. The number of rotatable bonds is 8. The number of benzene rings is 2. The van der Waals surface area contributed by atoms with E-state index in [1.165, 1.54) is 18.2 Å². The Balaban J connectivity index is 2.01. The second-order valence-electron chi connectivity index (χ2n) is 6.07. The predicted octanol–water partition coefficient (Wildman–Crippen LogP) is 4.11. The summed E-state index contributed by atoms with van der Waals surface area (Å²) >= 11 is 6.14. The molecule has 0 saturated heterocycles. The van der Waals surface area contributed by atoms with Crippen LogP contribution in [0.15, 0.2) is 42.5 Å². The average Bonchev–Trinajstić information content (AvgIpc) is 2.64.